The van der Waals surface area contributed by atoms with E-state index in [0.717, 1.165) is 38.1 Å². The van der Waals surface area contributed by atoms with Gasteiger partial charge in [0.15, 0.2) is 0 Å². The maximum Gasteiger partial charge on any atom is 0.678 e. The molecule has 5 nitrogen and oxygen atoms in total. The second-order valence-corrected chi connectivity index (χ2v) is 16.5. The van der Waals surface area contributed by atoms with E-state index >= 15 is 8.63 Å². The molecule has 0 bridgehead atoms. The summed E-state index contributed by atoms with van der Waals surface area (Å²) in [6.07, 6.45) is 2.05. The van der Waals surface area contributed by atoms with Gasteiger partial charge in [-0.05, 0) is 105 Å². The van der Waals surface area contributed by atoms with Gasteiger partial charge in [-0.1, -0.05) is 108 Å². The zero-order valence-corrected chi connectivity index (χ0v) is 34.7. The lowest BCUT2D eigenvalue weighted by Gasteiger charge is -2.22. The average molecular weight is 775 g/mol. The lowest BCUT2D eigenvalue weighted by Crippen LogP contribution is -2.18. The molecule has 0 unspecified atom stereocenters. The summed E-state index contributed by atoms with van der Waals surface area (Å²) < 4.78 is 50.5. The molecule has 6 aromatic rings. The zero-order chi connectivity index (χ0) is 41.4. The van der Waals surface area contributed by atoms with Crippen LogP contribution in [0.1, 0.15) is 75.1 Å². The molecule has 1 aliphatic heterocycles. The summed E-state index contributed by atoms with van der Waals surface area (Å²) in [5.41, 5.74) is 9.83. The van der Waals surface area contributed by atoms with Crippen LogP contribution in [-0.2, 0) is 10.8 Å². The number of aliphatic imine (C=N–C) groups is 1. The summed E-state index contributed by atoms with van der Waals surface area (Å²) in [6, 6.07) is 41.1. The highest BCUT2D eigenvalue weighted by Gasteiger charge is 2.35. The Balaban J connectivity index is 1.63. The molecule has 0 amide bonds. The summed E-state index contributed by atoms with van der Waals surface area (Å²) in [6.45, 7) is 13.0. The van der Waals surface area contributed by atoms with E-state index in [1.165, 1.54) is 5.56 Å². The number of nitrogens with zero attached hydrogens (tertiary/aromatic N) is 2. The molecule has 7 rings (SSSR count). The molecule has 0 saturated heterocycles. The minimum Gasteiger partial charge on any atom is -0.497 e. The van der Waals surface area contributed by atoms with Crippen LogP contribution in [0.2, 0.25) is 0 Å². The monoisotopic (exact) mass is 774 g/mol. The standard InChI is InChI=1S/C50H49BF2N2O3/c1-49(2,3)36-22-14-32(15-23-36)41-30-43(34-18-26-38(56-7)27-19-34)54-47(41)46(40-12-10-11-13-45(40)58-9)48-42(33-16-24-37(25-17-33)50(4,5)6)31-44(55(48)51(52)53)35-20-28-39(57-8)29-21-35/h10-31H,1-9H3/b47-46-. The number of rotatable bonds is 10. The van der Waals surface area contributed by atoms with E-state index in [2.05, 4.69) is 84.0 Å². The summed E-state index contributed by atoms with van der Waals surface area (Å²) >= 11 is 0. The quantitative estimate of drug-likeness (QED) is 0.130. The Kier molecular flexibility index (Phi) is 11.1. The maximum atomic E-state index is 16.2. The molecule has 2 heterocycles. The maximum absolute atomic E-state index is 16.2. The fraction of sp³-hybridized carbons (Fsp3) is 0.220. The number of hydrogen-bond acceptors (Lipinski definition) is 4. The molecule has 58 heavy (non-hydrogen) atoms. The highest BCUT2D eigenvalue weighted by atomic mass is 19.2. The van der Waals surface area contributed by atoms with Crippen molar-refractivity contribution in [2.75, 3.05) is 21.3 Å². The number of allylic oxidation sites excluding steroid dienone is 2. The van der Waals surface area contributed by atoms with E-state index < -0.39 is 7.40 Å². The van der Waals surface area contributed by atoms with Crippen molar-refractivity contribution in [3.05, 3.63) is 173 Å². The van der Waals surface area contributed by atoms with E-state index in [9.17, 15) is 0 Å². The first kappa shape index (κ1) is 40.1. The molecule has 0 fully saturated rings. The van der Waals surface area contributed by atoms with Gasteiger partial charge in [0.25, 0.3) is 0 Å². The molecule has 0 atom stereocenters. The van der Waals surface area contributed by atoms with Gasteiger partial charge in [0.2, 0.25) is 0 Å². The van der Waals surface area contributed by atoms with Crippen molar-refractivity contribution >= 4 is 24.3 Å². The third kappa shape index (κ3) is 7.88. The van der Waals surface area contributed by atoms with E-state index in [0.29, 0.717) is 56.6 Å². The molecule has 0 spiro atoms. The number of aromatic nitrogens is 1. The third-order valence-electron chi connectivity index (χ3n) is 10.7. The van der Waals surface area contributed by atoms with E-state index in [-0.39, 0.29) is 10.8 Å². The Morgan fingerprint density at radius 3 is 1.59 bits per heavy atom. The third-order valence-corrected chi connectivity index (χ3v) is 10.7. The molecule has 5 aromatic carbocycles. The first-order valence-electron chi connectivity index (χ1n) is 19.4. The summed E-state index contributed by atoms with van der Waals surface area (Å²) in [4.78, 5) is 5.39. The van der Waals surface area contributed by atoms with Crippen LogP contribution in [0.5, 0.6) is 17.2 Å². The molecule has 8 heteroatoms. The van der Waals surface area contributed by atoms with Gasteiger partial charge in [0.1, 0.15) is 17.2 Å². The normalized spacial score (nSPS) is 13.8. The van der Waals surface area contributed by atoms with Gasteiger partial charge in [-0.2, -0.15) is 0 Å². The largest absolute Gasteiger partial charge is 0.678 e. The molecule has 1 aromatic heterocycles. The van der Waals surface area contributed by atoms with Crippen LogP contribution >= 0.6 is 0 Å². The number of methoxy groups -OCH3 is 3. The van der Waals surface area contributed by atoms with Crippen molar-refractivity contribution in [1.29, 1.82) is 0 Å². The molecule has 1 aliphatic rings. The van der Waals surface area contributed by atoms with E-state index in [4.69, 9.17) is 19.2 Å². The first-order chi connectivity index (χ1) is 27.7. The number of halogens is 2. The van der Waals surface area contributed by atoms with Crippen LogP contribution in [0.25, 0.3) is 33.5 Å². The number of benzene rings is 5. The predicted octanol–water partition coefficient (Wildman–Crippen LogP) is 12.6. The summed E-state index contributed by atoms with van der Waals surface area (Å²) in [5, 5.41) is 0. The van der Waals surface area contributed by atoms with Crippen LogP contribution in [0.4, 0.5) is 8.63 Å². The second kappa shape index (κ2) is 16.0. The van der Waals surface area contributed by atoms with Crippen LogP contribution in [0.15, 0.2) is 144 Å². The Labute approximate surface area is 341 Å². The molecule has 0 N–H and O–H groups in total. The van der Waals surface area contributed by atoms with Gasteiger partial charge in [-0.25, -0.2) is 4.99 Å². The minimum atomic E-state index is -2.93. The van der Waals surface area contributed by atoms with Gasteiger partial charge < -0.3 is 18.7 Å². The van der Waals surface area contributed by atoms with Crippen molar-refractivity contribution in [1.82, 2.24) is 4.48 Å². The average Bonchev–Trinajstić information content (AvgIpc) is 3.84. The van der Waals surface area contributed by atoms with Gasteiger partial charge in [-0.15, -0.1) is 0 Å². The molecular weight excluding hydrogens is 725 g/mol. The fourth-order valence-corrected chi connectivity index (χ4v) is 7.44. The Morgan fingerprint density at radius 1 is 0.586 bits per heavy atom. The van der Waals surface area contributed by atoms with Crippen LogP contribution in [0.3, 0.4) is 0 Å². The van der Waals surface area contributed by atoms with Crippen molar-refractivity contribution in [2.24, 2.45) is 4.99 Å². The summed E-state index contributed by atoms with van der Waals surface area (Å²) in [7, 11) is 1.90. The SMILES string of the molecule is COc1ccc(C2=N/C(=C(/c3ccccc3OC)c3c(-c4ccc(C(C)(C)C)cc4)cc(-c4ccc(OC)cc4)n3B(F)F)C(c3ccc(C(C)(C)C)cc3)=C2)cc1. The van der Waals surface area contributed by atoms with Gasteiger partial charge >= 0.3 is 7.40 Å². The van der Waals surface area contributed by atoms with Crippen LogP contribution in [-0.4, -0.2) is 38.9 Å². The highest BCUT2D eigenvalue weighted by molar-refractivity contribution is 6.42. The van der Waals surface area contributed by atoms with Crippen molar-refractivity contribution in [2.45, 2.75) is 52.4 Å². The zero-order valence-electron chi connectivity index (χ0n) is 34.7. The predicted molar refractivity (Wildman–Crippen MR) is 236 cm³/mol. The van der Waals surface area contributed by atoms with E-state index in [1.807, 2.05) is 78.9 Å². The number of ether oxygens (including phenoxy) is 3. The molecule has 0 radical (unpaired) electrons. The Morgan fingerprint density at radius 2 is 1.09 bits per heavy atom. The second-order valence-electron chi connectivity index (χ2n) is 16.5. The molecular formula is C50H49BF2N2O3. The van der Waals surface area contributed by atoms with Crippen LogP contribution < -0.4 is 14.2 Å². The summed E-state index contributed by atoms with van der Waals surface area (Å²) in [5.74, 6) is 1.88. The van der Waals surface area contributed by atoms with Crippen molar-refractivity contribution < 1.29 is 22.8 Å². The van der Waals surface area contributed by atoms with Crippen molar-refractivity contribution in [3.63, 3.8) is 0 Å². The smallest absolute Gasteiger partial charge is 0.497 e. The molecule has 294 valence electrons. The Bertz CT molecular complexity index is 2520. The molecule has 0 saturated carbocycles. The van der Waals surface area contributed by atoms with Gasteiger partial charge in [0, 0.05) is 33.5 Å². The minimum absolute atomic E-state index is 0.0675. The van der Waals surface area contributed by atoms with Gasteiger partial charge in [0.05, 0.1) is 38.4 Å². The van der Waals surface area contributed by atoms with Crippen molar-refractivity contribution in [3.8, 4) is 39.6 Å². The number of hydrogen-bond donors (Lipinski definition) is 0. The number of para-hydroxylation sites is 1. The molecule has 0 aliphatic carbocycles. The lowest BCUT2D eigenvalue weighted by molar-refractivity contribution is 0.413. The van der Waals surface area contributed by atoms with Crippen LogP contribution in [0, 0.1) is 0 Å². The van der Waals surface area contributed by atoms with E-state index in [1.54, 1.807) is 33.5 Å². The van der Waals surface area contributed by atoms with Gasteiger partial charge in [-0.3, -0.25) is 8.63 Å². The highest BCUT2D eigenvalue weighted by Crippen LogP contribution is 2.47. The first-order valence-corrected chi connectivity index (χ1v) is 19.4. The topological polar surface area (TPSA) is 45.0 Å². The fourth-order valence-electron chi connectivity index (χ4n) is 7.44. The lowest BCUT2D eigenvalue weighted by atomic mass is 9.85. The Hall–Kier alpha value is -6.15.